The van der Waals surface area contributed by atoms with E-state index >= 15 is 0 Å². The molecule has 0 saturated carbocycles. The van der Waals surface area contributed by atoms with E-state index in [-0.39, 0.29) is 31.0 Å². The number of nitriles is 1. The van der Waals surface area contributed by atoms with Gasteiger partial charge in [-0.15, -0.1) is 11.3 Å². The number of carbonyl (C=O) groups excluding carboxylic acids is 1. The first-order valence-corrected chi connectivity index (χ1v) is 16.7. The van der Waals surface area contributed by atoms with Gasteiger partial charge in [-0.25, -0.2) is 8.42 Å². The number of hydrogen-bond acceptors (Lipinski definition) is 6. The van der Waals surface area contributed by atoms with Crippen LogP contribution in [0.5, 0.6) is 0 Å². The van der Waals surface area contributed by atoms with Crippen molar-refractivity contribution in [2.24, 2.45) is 0 Å². The van der Waals surface area contributed by atoms with Crippen LogP contribution in [0.3, 0.4) is 0 Å². The lowest BCUT2D eigenvalue weighted by Gasteiger charge is -2.26. The quantitative estimate of drug-likeness (QED) is 0.300. The van der Waals surface area contributed by atoms with Gasteiger partial charge in [-0.2, -0.15) is 22.7 Å². The van der Waals surface area contributed by atoms with E-state index in [9.17, 15) is 36.4 Å². The fourth-order valence-electron chi connectivity index (χ4n) is 4.94. The highest BCUT2D eigenvalue weighted by Crippen LogP contribution is 2.29. The number of anilines is 1. The summed E-state index contributed by atoms with van der Waals surface area (Å²) in [4.78, 5) is 27.3. The molecular formula is C32H26ClF3N4O4S2. The highest BCUT2D eigenvalue weighted by atomic mass is 35.5. The Hall–Kier alpha value is -4.22. The van der Waals surface area contributed by atoms with E-state index in [1.54, 1.807) is 19.1 Å². The van der Waals surface area contributed by atoms with Crippen LogP contribution < -0.4 is 20.1 Å². The lowest BCUT2D eigenvalue weighted by molar-refractivity contribution is -0.137. The maximum atomic E-state index is 13.7. The molecule has 46 heavy (non-hydrogen) atoms. The zero-order chi connectivity index (χ0) is 33.2. The van der Waals surface area contributed by atoms with E-state index in [1.807, 2.05) is 6.07 Å². The Morgan fingerprint density at radius 2 is 1.76 bits per heavy atom. The Morgan fingerprint density at radius 3 is 2.43 bits per heavy atom. The molecule has 1 aliphatic heterocycles. The predicted octanol–water partition coefficient (Wildman–Crippen LogP) is 5.20. The summed E-state index contributed by atoms with van der Waals surface area (Å²) in [5.41, 5.74) is -0.951. The van der Waals surface area contributed by atoms with Crippen LogP contribution in [-0.4, -0.2) is 36.3 Å². The Bertz CT molecular complexity index is 2160. The van der Waals surface area contributed by atoms with Gasteiger partial charge in [0.05, 0.1) is 20.7 Å². The van der Waals surface area contributed by atoms with E-state index in [0.29, 0.717) is 23.7 Å². The molecule has 14 heteroatoms. The number of benzene rings is 3. The number of nitrogens with one attached hydrogen (secondary N) is 1. The number of alkyl halides is 3. The molecule has 0 spiro atoms. The molecule has 1 aromatic heterocycles. The molecular weight excluding hydrogens is 661 g/mol. The van der Waals surface area contributed by atoms with E-state index in [4.69, 9.17) is 11.6 Å². The first-order chi connectivity index (χ1) is 21.8. The lowest BCUT2D eigenvalue weighted by atomic mass is 10.1. The normalized spacial score (nSPS) is 15.3. The smallest absolute Gasteiger partial charge is 0.321 e. The summed E-state index contributed by atoms with van der Waals surface area (Å²) in [6.45, 7) is 2.53. The maximum absolute atomic E-state index is 13.7. The SMILES string of the molecule is Cc1ccc(-n2c(=O)/c(=C\c3cccc(C(F)(F)F)c3)s/c2=C(/C#N)C(=O)Nc2cccc(S(=O)(=O)N3CCCCC3)c2)cc1Cl. The molecule has 2 heterocycles. The number of halogens is 4. The average Bonchev–Trinajstić information content (AvgIpc) is 3.33. The number of amides is 1. The van der Waals surface area contributed by atoms with Gasteiger partial charge < -0.3 is 5.32 Å². The molecule has 0 radical (unpaired) electrons. The maximum Gasteiger partial charge on any atom is 0.416 e. The highest BCUT2D eigenvalue weighted by Gasteiger charge is 2.30. The summed E-state index contributed by atoms with van der Waals surface area (Å²) in [7, 11) is -3.81. The van der Waals surface area contributed by atoms with Gasteiger partial charge in [0.2, 0.25) is 10.0 Å². The number of thiazole rings is 1. The van der Waals surface area contributed by atoms with Crippen LogP contribution in [0, 0.1) is 18.3 Å². The topological polar surface area (TPSA) is 112 Å². The monoisotopic (exact) mass is 686 g/mol. The summed E-state index contributed by atoms with van der Waals surface area (Å²) < 4.78 is 68.8. The van der Waals surface area contributed by atoms with Crippen LogP contribution in [0.15, 0.2) is 76.4 Å². The number of sulfonamides is 1. The lowest BCUT2D eigenvalue weighted by Crippen LogP contribution is -2.35. The summed E-state index contributed by atoms with van der Waals surface area (Å²) in [5.74, 6) is -0.922. The van der Waals surface area contributed by atoms with Crippen molar-refractivity contribution in [3.8, 4) is 11.8 Å². The predicted molar refractivity (Wildman–Crippen MR) is 171 cm³/mol. The molecule has 238 valence electrons. The third-order valence-electron chi connectivity index (χ3n) is 7.35. The molecule has 1 aliphatic rings. The Balaban J connectivity index is 1.63. The Morgan fingerprint density at radius 1 is 1.04 bits per heavy atom. The van der Waals surface area contributed by atoms with Gasteiger partial charge >= 0.3 is 6.18 Å². The minimum Gasteiger partial charge on any atom is -0.321 e. The zero-order valence-corrected chi connectivity index (χ0v) is 26.7. The summed E-state index contributed by atoms with van der Waals surface area (Å²) >= 11 is 7.07. The molecule has 0 bridgehead atoms. The minimum atomic E-state index is -4.60. The summed E-state index contributed by atoms with van der Waals surface area (Å²) in [5, 5.41) is 13.0. The minimum absolute atomic E-state index is 0.0222. The van der Waals surface area contributed by atoms with Crippen molar-refractivity contribution < 1.29 is 26.4 Å². The van der Waals surface area contributed by atoms with Crippen LogP contribution in [0.25, 0.3) is 17.3 Å². The fraction of sp³-hybridized carbons (Fsp3) is 0.219. The van der Waals surface area contributed by atoms with Crippen molar-refractivity contribution in [3.05, 3.63) is 108 Å². The second-order valence-corrected chi connectivity index (χ2v) is 13.9. The zero-order valence-electron chi connectivity index (χ0n) is 24.3. The summed E-state index contributed by atoms with van der Waals surface area (Å²) in [6, 6.07) is 16.6. The molecule has 1 N–H and O–H groups in total. The molecule has 4 aromatic rings. The standard InChI is InChI=1S/C32H26ClF3N4O4S2/c1-20-11-12-24(18-27(20)33)40-30(42)28(16-21-7-5-8-22(15-21)32(34,35)36)45-31(40)26(19-37)29(41)38-23-9-6-10-25(17-23)46(43,44)39-13-3-2-4-14-39/h5-12,15-18H,2-4,13-14H2,1H3,(H,38,41)/b28-16+,31-26-. The van der Waals surface area contributed by atoms with E-state index in [0.717, 1.165) is 47.3 Å². The number of rotatable bonds is 6. The first kappa shape index (κ1) is 33.2. The molecule has 5 rings (SSSR count). The molecule has 1 fully saturated rings. The first-order valence-electron chi connectivity index (χ1n) is 14.0. The molecule has 0 unspecified atom stereocenters. The second kappa shape index (κ2) is 13.3. The highest BCUT2D eigenvalue weighted by molar-refractivity contribution is 7.89. The van der Waals surface area contributed by atoms with Crippen molar-refractivity contribution in [1.82, 2.24) is 8.87 Å². The van der Waals surface area contributed by atoms with E-state index < -0.39 is 38.8 Å². The fourth-order valence-corrected chi connectivity index (χ4v) is 7.78. The van der Waals surface area contributed by atoms with Crippen LogP contribution >= 0.6 is 22.9 Å². The van der Waals surface area contributed by atoms with E-state index in [1.165, 1.54) is 52.8 Å². The molecule has 1 amide bonds. The van der Waals surface area contributed by atoms with Crippen molar-refractivity contribution >= 4 is 56.2 Å². The second-order valence-electron chi connectivity index (χ2n) is 10.5. The third-order valence-corrected chi connectivity index (χ3v) is 10.7. The number of aryl methyl sites for hydroxylation is 1. The van der Waals surface area contributed by atoms with Crippen molar-refractivity contribution in [2.45, 2.75) is 37.3 Å². The van der Waals surface area contributed by atoms with Gasteiger partial charge in [0.15, 0.2) is 5.57 Å². The summed E-state index contributed by atoms with van der Waals surface area (Å²) in [6.07, 6.45) is -0.916. The van der Waals surface area contributed by atoms with Gasteiger partial charge in [0.25, 0.3) is 11.5 Å². The van der Waals surface area contributed by atoms with Gasteiger partial charge in [0, 0.05) is 23.8 Å². The van der Waals surface area contributed by atoms with Crippen LogP contribution in [0.1, 0.15) is 36.0 Å². The largest absolute Gasteiger partial charge is 0.416 e. The number of hydrogen-bond donors (Lipinski definition) is 1. The Labute approximate surface area is 271 Å². The Kier molecular flexibility index (Phi) is 9.55. The van der Waals surface area contributed by atoms with Gasteiger partial charge in [-0.05, 0) is 79.4 Å². The average molecular weight is 687 g/mol. The van der Waals surface area contributed by atoms with E-state index in [2.05, 4.69) is 5.32 Å². The molecule has 8 nitrogen and oxygen atoms in total. The number of carbonyl (C=O) groups is 1. The molecule has 3 aromatic carbocycles. The number of nitrogens with zero attached hydrogens (tertiary/aromatic N) is 3. The van der Waals surface area contributed by atoms with Crippen LogP contribution in [-0.2, 0) is 21.0 Å². The molecule has 1 saturated heterocycles. The van der Waals surface area contributed by atoms with Crippen LogP contribution in [0.2, 0.25) is 5.02 Å². The number of piperidine rings is 1. The third kappa shape index (κ3) is 6.95. The van der Waals surface area contributed by atoms with Crippen molar-refractivity contribution in [2.75, 3.05) is 18.4 Å². The van der Waals surface area contributed by atoms with Gasteiger partial charge in [-0.3, -0.25) is 14.2 Å². The van der Waals surface area contributed by atoms with Gasteiger partial charge in [0.1, 0.15) is 10.7 Å². The molecule has 0 aliphatic carbocycles. The van der Waals surface area contributed by atoms with Crippen LogP contribution in [0.4, 0.5) is 18.9 Å². The van der Waals surface area contributed by atoms with Crippen molar-refractivity contribution in [1.29, 1.82) is 5.26 Å². The molecule has 0 atom stereocenters. The van der Waals surface area contributed by atoms with Gasteiger partial charge in [-0.1, -0.05) is 42.3 Å². The van der Waals surface area contributed by atoms with Crippen molar-refractivity contribution in [3.63, 3.8) is 0 Å². The number of aromatic nitrogens is 1.